The molecule has 2 aromatic rings. The molecule has 0 radical (unpaired) electrons. The van der Waals surface area contributed by atoms with Crippen LogP contribution in [0.4, 0.5) is 4.39 Å². The second-order valence-electron chi connectivity index (χ2n) is 7.15. The molecular formula is C22H29FN2O5. The van der Waals surface area contributed by atoms with E-state index in [1.807, 2.05) is 0 Å². The summed E-state index contributed by atoms with van der Waals surface area (Å²) in [7, 11) is 0. The van der Waals surface area contributed by atoms with Crippen LogP contribution in [-0.2, 0) is 11.2 Å². The van der Waals surface area contributed by atoms with Gasteiger partial charge in [-0.05, 0) is 80.7 Å². The van der Waals surface area contributed by atoms with Gasteiger partial charge in [0, 0.05) is 0 Å². The molecule has 3 rings (SSSR count). The average molecular weight is 420 g/mol. The Morgan fingerprint density at radius 3 is 2.27 bits per heavy atom. The van der Waals surface area contributed by atoms with E-state index in [1.165, 1.54) is 50.2 Å². The molecule has 164 valence electrons. The van der Waals surface area contributed by atoms with E-state index in [4.69, 9.17) is 0 Å². The van der Waals surface area contributed by atoms with Crippen LogP contribution in [0.1, 0.15) is 36.5 Å². The van der Waals surface area contributed by atoms with Crippen molar-refractivity contribution in [3.05, 3.63) is 59.4 Å². The van der Waals surface area contributed by atoms with Crippen molar-refractivity contribution in [1.29, 1.82) is 0 Å². The standard InChI is InChI=1S/C18H20FNO5.C4H9N/c19-13-6-3-11(4-7-13)2-1-9-20-16(18(24)25)17(23)12-5-8-14(21)15(22)10-12;1-2-4-5-3-1/h3-8,10,16-17,20-23H,1-2,9H2,(H,24,25);5H,1-4H2. The Bertz CT molecular complexity index is 789. The van der Waals surface area contributed by atoms with Crippen LogP contribution in [0.25, 0.3) is 0 Å². The van der Waals surface area contributed by atoms with Crippen molar-refractivity contribution >= 4 is 5.97 Å². The molecule has 2 aromatic carbocycles. The van der Waals surface area contributed by atoms with E-state index >= 15 is 0 Å². The summed E-state index contributed by atoms with van der Waals surface area (Å²) in [5.74, 6) is -2.33. The first-order valence-corrected chi connectivity index (χ1v) is 10.00. The Morgan fingerprint density at radius 2 is 1.73 bits per heavy atom. The normalized spacial score (nSPS) is 15.1. The van der Waals surface area contributed by atoms with Gasteiger partial charge in [-0.25, -0.2) is 4.39 Å². The van der Waals surface area contributed by atoms with Crippen LogP contribution in [-0.4, -0.2) is 52.1 Å². The number of nitrogens with one attached hydrogen (secondary N) is 2. The van der Waals surface area contributed by atoms with E-state index in [2.05, 4.69) is 10.6 Å². The molecule has 1 aliphatic heterocycles. The first-order valence-electron chi connectivity index (χ1n) is 10.00. The smallest absolute Gasteiger partial charge is 0.323 e. The summed E-state index contributed by atoms with van der Waals surface area (Å²) in [5, 5.41) is 44.3. The van der Waals surface area contributed by atoms with Crippen LogP contribution in [0.5, 0.6) is 11.5 Å². The van der Waals surface area contributed by atoms with Gasteiger partial charge in [-0.3, -0.25) is 4.79 Å². The molecule has 2 unspecified atom stereocenters. The molecule has 0 bridgehead atoms. The van der Waals surface area contributed by atoms with Gasteiger partial charge >= 0.3 is 5.97 Å². The molecule has 1 heterocycles. The Hall–Kier alpha value is -2.68. The fourth-order valence-electron chi connectivity index (χ4n) is 3.08. The van der Waals surface area contributed by atoms with Crippen molar-refractivity contribution in [2.45, 2.75) is 37.8 Å². The van der Waals surface area contributed by atoms with Gasteiger partial charge in [0.05, 0.1) is 0 Å². The molecule has 1 saturated heterocycles. The third-order valence-corrected chi connectivity index (χ3v) is 4.80. The number of aromatic hydroxyl groups is 2. The van der Waals surface area contributed by atoms with E-state index in [9.17, 15) is 29.6 Å². The summed E-state index contributed by atoms with van der Waals surface area (Å²) < 4.78 is 12.8. The summed E-state index contributed by atoms with van der Waals surface area (Å²) in [4.78, 5) is 11.4. The SMILES string of the molecule is C1CCNC1.O=C(O)C(NCCCc1ccc(F)cc1)C(O)c1ccc(O)c(O)c1. The minimum Gasteiger partial charge on any atom is -0.504 e. The first-order chi connectivity index (χ1) is 14.4. The molecule has 0 amide bonds. The fourth-order valence-corrected chi connectivity index (χ4v) is 3.08. The van der Waals surface area contributed by atoms with Gasteiger partial charge < -0.3 is 31.1 Å². The topological polar surface area (TPSA) is 122 Å². The number of rotatable bonds is 8. The molecule has 8 heteroatoms. The van der Waals surface area contributed by atoms with Gasteiger partial charge in [0.25, 0.3) is 0 Å². The number of aliphatic hydroxyl groups excluding tert-OH is 1. The van der Waals surface area contributed by atoms with Crippen LogP contribution >= 0.6 is 0 Å². The van der Waals surface area contributed by atoms with Crippen LogP contribution < -0.4 is 10.6 Å². The number of aliphatic carboxylic acids is 1. The quantitative estimate of drug-likeness (QED) is 0.286. The van der Waals surface area contributed by atoms with E-state index in [1.54, 1.807) is 12.1 Å². The first kappa shape index (κ1) is 23.6. The third-order valence-electron chi connectivity index (χ3n) is 4.80. The van der Waals surface area contributed by atoms with Crippen molar-refractivity contribution in [1.82, 2.24) is 10.6 Å². The molecule has 30 heavy (non-hydrogen) atoms. The molecule has 0 aromatic heterocycles. The van der Waals surface area contributed by atoms with Gasteiger partial charge in [-0.2, -0.15) is 0 Å². The molecule has 2 atom stereocenters. The predicted molar refractivity (Wildman–Crippen MR) is 111 cm³/mol. The lowest BCUT2D eigenvalue weighted by molar-refractivity contribution is -0.142. The number of halogens is 1. The number of hydrogen-bond donors (Lipinski definition) is 6. The minimum absolute atomic E-state index is 0.175. The van der Waals surface area contributed by atoms with Crippen molar-refractivity contribution in [3.63, 3.8) is 0 Å². The van der Waals surface area contributed by atoms with Crippen molar-refractivity contribution in [2.75, 3.05) is 19.6 Å². The molecular weight excluding hydrogens is 391 g/mol. The summed E-state index contributed by atoms with van der Waals surface area (Å²) in [6.07, 6.45) is 2.62. The molecule has 0 aliphatic carbocycles. The molecule has 0 saturated carbocycles. The molecule has 7 nitrogen and oxygen atoms in total. The molecule has 1 aliphatic rings. The lowest BCUT2D eigenvalue weighted by Gasteiger charge is -2.21. The lowest BCUT2D eigenvalue weighted by atomic mass is 10.0. The zero-order valence-corrected chi connectivity index (χ0v) is 16.7. The third kappa shape index (κ3) is 7.62. The number of phenols is 2. The lowest BCUT2D eigenvalue weighted by Crippen LogP contribution is -2.42. The van der Waals surface area contributed by atoms with Crippen LogP contribution in [0, 0.1) is 5.82 Å². The van der Waals surface area contributed by atoms with Gasteiger partial charge in [0.15, 0.2) is 11.5 Å². The number of benzene rings is 2. The Morgan fingerprint density at radius 1 is 1.07 bits per heavy atom. The monoisotopic (exact) mass is 420 g/mol. The second-order valence-corrected chi connectivity index (χ2v) is 7.15. The maximum absolute atomic E-state index is 12.8. The summed E-state index contributed by atoms with van der Waals surface area (Å²) in [6.45, 7) is 2.83. The van der Waals surface area contributed by atoms with Gasteiger partial charge in [0.1, 0.15) is 18.0 Å². The molecule has 6 N–H and O–H groups in total. The maximum Gasteiger partial charge on any atom is 0.323 e. The highest BCUT2D eigenvalue weighted by atomic mass is 19.1. The van der Waals surface area contributed by atoms with E-state index in [0.717, 1.165) is 11.6 Å². The highest BCUT2D eigenvalue weighted by Crippen LogP contribution is 2.29. The van der Waals surface area contributed by atoms with E-state index < -0.39 is 23.9 Å². The number of aryl methyl sites for hydroxylation is 1. The van der Waals surface area contributed by atoms with Crippen LogP contribution in [0.2, 0.25) is 0 Å². The number of phenolic OH excluding ortho intramolecular Hbond substituents is 2. The molecule has 0 spiro atoms. The van der Waals surface area contributed by atoms with E-state index in [-0.39, 0.29) is 17.1 Å². The van der Waals surface area contributed by atoms with Crippen molar-refractivity contribution in [2.24, 2.45) is 0 Å². The number of hydrogen-bond acceptors (Lipinski definition) is 6. The maximum atomic E-state index is 12.8. The average Bonchev–Trinajstić information content (AvgIpc) is 3.31. The second kappa shape index (κ2) is 12.1. The zero-order chi connectivity index (χ0) is 21.9. The summed E-state index contributed by atoms with van der Waals surface area (Å²) >= 11 is 0. The Kier molecular flexibility index (Phi) is 9.53. The zero-order valence-electron chi connectivity index (χ0n) is 16.7. The molecule has 1 fully saturated rings. The van der Waals surface area contributed by atoms with E-state index in [0.29, 0.717) is 19.4 Å². The summed E-state index contributed by atoms with van der Waals surface area (Å²) in [5.41, 5.74) is 1.10. The fraction of sp³-hybridized carbons (Fsp3) is 0.409. The number of aliphatic hydroxyl groups is 1. The van der Waals surface area contributed by atoms with Crippen molar-refractivity contribution in [3.8, 4) is 11.5 Å². The number of carbonyl (C=O) groups is 1. The number of carboxylic acid groups (broad SMARTS) is 1. The van der Waals surface area contributed by atoms with Gasteiger partial charge in [-0.1, -0.05) is 18.2 Å². The minimum atomic E-state index is -1.39. The van der Waals surface area contributed by atoms with Crippen LogP contribution in [0.15, 0.2) is 42.5 Å². The van der Waals surface area contributed by atoms with Crippen molar-refractivity contribution < 1.29 is 29.6 Å². The largest absolute Gasteiger partial charge is 0.504 e. The number of carboxylic acids is 1. The van der Waals surface area contributed by atoms with Gasteiger partial charge in [-0.15, -0.1) is 0 Å². The predicted octanol–water partition coefficient (Wildman–Crippen LogP) is 2.32. The van der Waals surface area contributed by atoms with Crippen LogP contribution in [0.3, 0.4) is 0 Å². The highest BCUT2D eigenvalue weighted by molar-refractivity contribution is 5.74. The Balaban J connectivity index is 0.000000558. The summed E-state index contributed by atoms with van der Waals surface area (Å²) in [6, 6.07) is 8.44. The highest BCUT2D eigenvalue weighted by Gasteiger charge is 2.27. The Labute approximate surface area is 175 Å². The van der Waals surface area contributed by atoms with Gasteiger partial charge in [0.2, 0.25) is 0 Å².